The van der Waals surface area contributed by atoms with E-state index in [1.54, 1.807) is 13.2 Å². The Kier molecular flexibility index (Phi) is 3.91. The Labute approximate surface area is 105 Å². The van der Waals surface area contributed by atoms with Crippen LogP contribution < -0.4 is 9.47 Å². The summed E-state index contributed by atoms with van der Waals surface area (Å²) in [5, 5.41) is 2.85. The molecule has 0 saturated heterocycles. The highest BCUT2D eigenvalue weighted by atomic mass is 16.5. The zero-order valence-electron chi connectivity index (χ0n) is 10.00. The van der Waals surface area contributed by atoms with Crippen molar-refractivity contribution in [3.8, 4) is 17.2 Å². The van der Waals surface area contributed by atoms with E-state index < -0.39 is 0 Å². The Morgan fingerprint density at radius 2 is 1.72 bits per heavy atom. The van der Waals surface area contributed by atoms with E-state index in [0.29, 0.717) is 11.5 Å². The summed E-state index contributed by atoms with van der Waals surface area (Å²) >= 11 is 0. The number of hydrogen-bond acceptors (Lipinski definition) is 4. The molecule has 92 valence electrons. The SMILES string of the molecule is COc1ccc(Oc2cccc(CN=O)c2)cc1. The van der Waals surface area contributed by atoms with Crippen LogP contribution in [-0.4, -0.2) is 7.11 Å². The van der Waals surface area contributed by atoms with Crippen LogP contribution in [0.5, 0.6) is 17.2 Å². The average Bonchev–Trinajstić information content (AvgIpc) is 2.40. The van der Waals surface area contributed by atoms with Gasteiger partial charge in [0.1, 0.15) is 23.8 Å². The summed E-state index contributed by atoms with van der Waals surface area (Å²) in [7, 11) is 1.62. The molecule has 0 amide bonds. The summed E-state index contributed by atoms with van der Waals surface area (Å²) in [5.74, 6) is 2.18. The van der Waals surface area contributed by atoms with Crippen molar-refractivity contribution >= 4 is 0 Å². The van der Waals surface area contributed by atoms with Crippen molar-refractivity contribution in [3.05, 3.63) is 59.0 Å². The van der Waals surface area contributed by atoms with E-state index >= 15 is 0 Å². The van der Waals surface area contributed by atoms with Gasteiger partial charge in [0.05, 0.1) is 7.11 Å². The van der Waals surface area contributed by atoms with Crippen molar-refractivity contribution in [1.29, 1.82) is 0 Å². The molecule has 0 aliphatic rings. The van der Waals surface area contributed by atoms with Crippen LogP contribution in [0.25, 0.3) is 0 Å². The Bertz CT molecular complexity index is 523. The molecule has 0 radical (unpaired) electrons. The van der Waals surface area contributed by atoms with Gasteiger partial charge in [-0.05, 0) is 42.0 Å². The maximum absolute atomic E-state index is 10.2. The van der Waals surface area contributed by atoms with E-state index in [0.717, 1.165) is 11.3 Å². The van der Waals surface area contributed by atoms with Gasteiger partial charge in [-0.3, -0.25) is 0 Å². The largest absolute Gasteiger partial charge is 0.497 e. The molecule has 0 bridgehead atoms. The smallest absolute Gasteiger partial charge is 0.127 e. The van der Waals surface area contributed by atoms with Crippen molar-refractivity contribution in [3.63, 3.8) is 0 Å². The summed E-state index contributed by atoms with van der Waals surface area (Å²) < 4.78 is 10.7. The molecular formula is C14H13NO3. The molecule has 0 aliphatic carbocycles. The number of benzene rings is 2. The molecule has 2 aromatic rings. The number of hydrogen-bond donors (Lipinski definition) is 0. The van der Waals surface area contributed by atoms with Gasteiger partial charge in [0.2, 0.25) is 0 Å². The first-order valence-corrected chi connectivity index (χ1v) is 5.52. The van der Waals surface area contributed by atoms with Crippen LogP contribution in [0.15, 0.2) is 53.7 Å². The van der Waals surface area contributed by atoms with Gasteiger partial charge in [0, 0.05) is 0 Å². The molecule has 4 nitrogen and oxygen atoms in total. The molecule has 0 spiro atoms. The Balaban J connectivity index is 2.12. The summed E-state index contributed by atoms with van der Waals surface area (Å²) in [6.45, 7) is 0.153. The second-order valence-corrected chi connectivity index (χ2v) is 3.71. The fourth-order valence-electron chi connectivity index (χ4n) is 1.56. The summed E-state index contributed by atoms with van der Waals surface area (Å²) in [5.41, 5.74) is 0.830. The summed E-state index contributed by atoms with van der Waals surface area (Å²) in [6.07, 6.45) is 0. The normalized spacial score (nSPS) is 9.83. The first kappa shape index (κ1) is 12.1. The van der Waals surface area contributed by atoms with Crippen molar-refractivity contribution in [1.82, 2.24) is 0 Å². The van der Waals surface area contributed by atoms with Gasteiger partial charge in [-0.1, -0.05) is 17.3 Å². The molecule has 0 unspecified atom stereocenters. The molecule has 0 saturated carbocycles. The zero-order chi connectivity index (χ0) is 12.8. The highest BCUT2D eigenvalue weighted by Crippen LogP contribution is 2.24. The van der Waals surface area contributed by atoms with E-state index in [1.165, 1.54) is 0 Å². The Morgan fingerprint density at radius 1 is 1.00 bits per heavy atom. The topological polar surface area (TPSA) is 47.9 Å². The lowest BCUT2D eigenvalue weighted by molar-refractivity contribution is 0.413. The van der Waals surface area contributed by atoms with Crippen LogP contribution in [0, 0.1) is 4.91 Å². The van der Waals surface area contributed by atoms with Crippen molar-refractivity contribution in [2.45, 2.75) is 6.54 Å². The minimum absolute atomic E-state index is 0.153. The van der Waals surface area contributed by atoms with Crippen molar-refractivity contribution in [2.75, 3.05) is 7.11 Å². The van der Waals surface area contributed by atoms with Crippen LogP contribution in [0.4, 0.5) is 0 Å². The van der Waals surface area contributed by atoms with Crippen molar-refractivity contribution < 1.29 is 9.47 Å². The van der Waals surface area contributed by atoms with E-state index in [-0.39, 0.29) is 6.54 Å². The number of methoxy groups -OCH3 is 1. The first-order valence-electron chi connectivity index (χ1n) is 5.52. The van der Waals surface area contributed by atoms with Gasteiger partial charge in [-0.15, -0.1) is 0 Å². The number of nitroso groups, excluding NO2 is 1. The molecule has 0 N–H and O–H groups in total. The number of nitrogens with zero attached hydrogens (tertiary/aromatic N) is 1. The first-order chi connectivity index (χ1) is 8.81. The van der Waals surface area contributed by atoms with E-state index in [2.05, 4.69) is 5.18 Å². The fourth-order valence-corrected chi connectivity index (χ4v) is 1.56. The predicted molar refractivity (Wildman–Crippen MR) is 69.0 cm³/mol. The maximum Gasteiger partial charge on any atom is 0.127 e. The molecule has 18 heavy (non-hydrogen) atoms. The molecule has 4 heteroatoms. The van der Waals surface area contributed by atoms with Gasteiger partial charge >= 0.3 is 0 Å². The minimum Gasteiger partial charge on any atom is -0.497 e. The second kappa shape index (κ2) is 5.82. The van der Waals surface area contributed by atoms with Crippen molar-refractivity contribution in [2.24, 2.45) is 5.18 Å². The Morgan fingerprint density at radius 3 is 2.39 bits per heavy atom. The third-order valence-corrected chi connectivity index (χ3v) is 2.44. The van der Waals surface area contributed by atoms with Crippen LogP contribution in [0.1, 0.15) is 5.56 Å². The molecule has 0 fully saturated rings. The third-order valence-electron chi connectivity index (χ3n) is 2.44. The molecule has 0 aliphatic heterocycles. The van der Waals surface area contributed by atoms with Crippen LogP contribution in [0.2, 0.25) is 0 Å². The lowest BCUT2D eigenvalue weighted by Gasteiger charge is -2.07. The lowest BCUT2D eigenvalue weighted by atomic mass is 10.2. The van der Waals surface area contributed by atoms with Crippen LogP contribution in [0.3, 0.4) is 0 Å². The fraction of sp³-hybridized carbons (Fsp3) is 0.143. The van der Waals surface area contributed by atoms with E-state index in [9.17, 15) is 4.91 Å². The van der Waals surface area contributed by atoms with Gasteiger partial charge in [0.15, 0.2) is 0 Å². The average molecular weight is 243 g/mol. The maximum atomic E-state index is 10.2. The highest BCUT2D eigenvalue weighted by molar-refractivity contribution is 5.36. The molecular weight excluding hydrogens is 230 g/mol. The summed E-state index contributed by atoms with van der Waals surface area (Å²) in [6, 6.07) is 14.6. The van der Waals surface area contributed by atoms with Gasteiger partial charge in [0.25, 0.3) is 0 Å². The minimum atomic E-state index is 0.153. The van der Waals surface area contributed by atoms with Gasteiger partial charge < -0.3 is 9.47 Å². The zero-order valence-corrected chi connectivity index (χ0v) is 10.00. The molecule has 0 atom stereocenters. The van der Waals surface area contributed by atoms with Crippen LogP contribution in [-0.2, 0) is 6.54 Å². The summed E-state index contributed by atoms with van der Waals surface area (Å²) in [4.78, 5) is 10.2. The van der Waals surface area contributed by atoms with E-state index in [4.69, 9.17) is 9.47 Å². The monoisotopic (exact) mass is 243 g/mol. The Hall–Kier alpha value is -2.36. The molecule has 2 aromatic carbocycles. The molecule has 0 aromatic heterocycles. The third kappa shape index (κ3) is 3.07. The van der Waals surface area contributed by atoms with Crippen LogP contribution >= 0.6 is 0 Å². The number of rotatable bonds is 5. The second-order valence-electron chi connectivity index (χ2n) is 3.71. The number of ether oxygens (including phenoxy) is 2. The highest BCUT2D eigenvalue weighted by Gasteiger charge is 2.00. The van der Waals surface area contributed by atoms with Gasteiger partial charge in [-0.25, -0.2) is 0 Å². The predicted octanol–water partition coefficient (Wildman–Crippen LogP) is 3.75. The molecule has 0 heterocycles. The quantitative estimate of drug-likeness (QED) is 0.751. The lowest BCUT2D eigenvalue weighted by Crippen LogP contribution is -1.87. The van der Waals surface area contributed by atoms with E-state index in [1.807, 2.05) is 42.5 Å². The molecule has 2 rings (SSSR count). The standard InChI is InChI=1S/C14H13NO3/c1-17-12-5-7-13(8-6-12)18-14-4-2-3-11(9-14)10-15-16/h2-9H,10H2,1H3. The van der Waals surface area contributed by atoms with Gasteiger partial charge in [-0.2, -0.15) is 4.91 Å².